The standard InChI is InChI=1S/C14H12F3NO2/c1-20-13-3-2-9(6-12(13)19)18-7-8-4-10(15)14(17)11(16)5-8/h2-6,18-19H,7H2,1H3. The van der Waals surface area contributed by atoms with E-state index in [-0.39, 0.29) is 17.9 Å². The van der Waals surface area contributed by atoms with Gasteiger partial charge in [-0.3, -0.25) is 0 Å². The van der Waals surface area contributed by atoms with Crippen molar-refractivity contribution in [3.8, 4) is 11.5 Å². The van der Waals surface area contributed by atoms with Crippen LogP contribution in [0.4, 0.5) is 18.9 Å². The lowest BCUT2D eigenvalue weighted by atomic mass is 10.2. The van der Waals surface area contributed by atoms with Crippen LogP contribution in [0.2, 0.25) is 0 Å². The summed E-state index contributed by atoms with van der Waals surface area (Å²) < 4.78 is 43.7. The number of rotatable bonds is 4. The molecular formula is C14H12F3NO2. The normalized spacial score (nSPS) is 10.4. The molecule has 0 aromatic heterocycles. The summed E-state index contributed by atoms with van der Waals surface area (Å²) in [5.41, 5.74) is 0.783. The van der Waals surface area contributed by atoms with Gasteiger partial charge in [0.1, 0.15) is 0 Å². The molecule has 0 atom stereocenters. The molecule has 0 unspecified atom stereocenters. The van der Waals surface area contributed by atoms with Crippen molar-refractivity contribution >= 4 is 5.69 Å². The average molecular weight is 283 g/mol. The molecular weight excluding hydrogens is 271 g/mol. The zero-order chi connectivity index (χ0) is 14.7. The summed E-state index contributed by atoms with van der Waals surface area (Å²) in [7, 11) is 1.42. The lowest BCUT2D eigenvalue weighted by Crippen LogP contribution is -2.02. The second-order valence-corrected chi connectivity index (χ2v) is 4.11. The van der Waals surface area contributed by atoms with Gasteiger partial charge in [0.15, 0.2) is 29.0 Å². The number of ether oxygens (including phenoxy) is 1. The van der Waals surface area contributed by atoms with Crippen LogP contribution in [-0.4, -0.2) is 12.2 Å². The molecule has 0 heterocycles. The predicted octanol–water partition coefficient (Wildman–Crippen LogP) is 3.43. The van der Waals surface area contributed by atoms with Gasteiger partial charge in [-0.1, -0.05) is 0 Å². The topological polar surface area (TPSA) is 41.5 Å². The molecule has 3 nitrogen and oxygen atoms in total. The summed E-state index contributed by atoms with van der Waals surface area (Å²) >= 11 is 0. The zero-order valence-corrected chi connectivity index (χ0v) is 10.6. The van der Waals surface area contributed by atoms with Crippen LogP contribution in [0.15, 0.2) is 30.3 Å². The van der Waals surface area contributed by atoms with Crippen molar-refractivity contribution in [2.75, 3.05) is 12.4 Å². The molecule has 0 aliphatic rings. The quantitative estimate of drug-likeness (QED) is 0.845. The zero-order valence-electron chi connectivity index (χ0n) is 10.6. The van der Waals surface area contributed by atoms with E-state index in [2.05, 4.69) is 5.32 Å². The maximum absolute atomic E-state index is 13.0. The maximum atomic E-state index is 13.0. The Morgan fingerprint density at radius 3 is 2.30 bits per heavy atom. The van der Waals surface area contributed by atoms with Crippen molar-refractivity contribution in [3.63, 3.8) is 0 Å². The largest absolute Gasteiger partial charge is 0.504 e. The van der Waals surface area contributed by atoms with Gasteiger partial charge >= 0.3 is 0 Å². The molecule has 20 heavy (non-hydrogen) atoms. The molecule has 6 heteroatoms. The number of methoxy groups -OCH3 is 1. The van der Waals surface area contributed by atoms with Gasteiger partial charge in [0.25, 0.3) is 0 Å². The maximum Gasteiger partial charge on any atom is 0.194 e. The third-order valence-electron chi connectivity index (χ3n) is 2.72. The molecule has 0 aliphatic carbocycles. The number of anilines is 1. The highest BCUT2D eigenvalue weighted by molar-refractivity contribution is 5.54. The highest BCUT2D eigenvalue weighted by atomic mass is 19.2. The Balaban J connectivity index is 2.11. The van der Waals surface area contributed by atoms with Gasteiger partial charge in [0, 0.05) is 18.3 Å². The molecule has 2 aromatic rings. The predicted molar refractivity (Wildman–Crippen MR) is 68.3 cm³/mol. The fourth-order valence-corrected chi connectivity index (χ4v) is 1.71. The third kappa shape index (κ3) is 2.96. The Labute approximate surface area is 113 Å². The summed E-state index contributed by atoms with van der Waals surface area (Å²) in [5, 5.41) is 12.4. The molecule has 0 aliphatic heterocycles. The molecule has 0 spiro atoms. The Hall–Kier alpha value is -2.37. The molecule has 0 bridgehead atoms. The first-order valence-electron chi connectivity index (χ1n) is 5.75. The second kappa shape index (κ2) is 5.73. The molecule has 2 aromatic carbocycles. The molecule has 0 saturated carbocycles. The minimum atomic E-state index is -1.49. The van der Waals surface area contributed by atoms with Crippen molar-refractivity contribution in [3.05, 3.63) is 53.3 Å². The van der Waals surface area contributed by atoms with Crippen molar-refractivity contribution in [2.45, 2.75) is 6.54 Å². The lowest BCUT2D eigenvalue weighted by molar-refractivity contribution is 0.373. The van der Waals surface area contributed by atoms with E-state index in [1.807, 2.05) is 0 Å². The summed E-state index contributed by atoms with van der Waals surface area (Å²) in [6.07, 6.45) is 0. The van der Waals surface area contributed by atoms with Gasteiger partial charge in [0.2, 0.25) is 0 Å². The number of phenolic OH excluding ortho intramolecular Hbond substituents is 1. The van der Waals surface area contributed by atoms with Crippen molar-refractivity contribution in [1.82, 2.24) is 0 Å². The van der Waals surface area contributed by atoms with Crippen LogP contribution in [0.3, 0.4) is 0 Å². The summed E-state index contributed by atoms with van der Waals surface area (Å²) in [6, 6.07) is 6.41. The monoisotopic (exact) mass is 283 g/mol. The Bertz CT molecular complexity index is 609. The third-order valence-corrected chi connectivity index (χ3v) is 2.72. The summed E-state index contributed by atoms with van der Waals surface area (Å²) in [6.45, 7) is 0.0832. The molecule has 0 amide bonds. The van der Waals surface area contributed by atoms with Crippen LogP contribution in [0, 0.1) is 17.5 Å². The van der Waals surface area contributed by atoms with E-state index < -0.39 is 17.5 Å². The van der Waals surface area contributed by atoms with Crippen LogP contribution >= 0.6 is 0 Å². The van der Waals surface area contributed by atoms with Gasteiger partial charge in [-0.15, -0.1) is 0 Å². The molecule has 2 rings (SSSR count). The number of hydrogen-bond acceptors (Lipinski definition) is 3. The van der Waals surface area contributed by atoms with Gasteiger partial charge in [-0.05, 0) is 29.8 Å². The number of benzene rings is 2. The first-order valence-corrected chi connectivity index (χ1v) is 5.75. The van der Waals surface area contributed by atoms with Crippen molar-refractivity contribution in [1.29, 1.82) is 0 Å². The van der Waals surface area contributed by atoms with E-state index >= 15 is 0 Å². The number of aromatic hydroxyl groups is 1. The Kier molecular flexibility index (Phi) is 4.02. The molecule has 0 fully saturated rings. The first kappa shape index (κ1) is 14.0. The van der Waals surface area contributed by atoms with E-state index in [9.17, 15) is 18.3 Å². The number of phenols is 1. The van der Waals surface area contributed by atoms with Crippen molar-refractivity contribution in [2.24, 2.45) is 0 Å². The molecule has 106 valence electrons. The minimum Gasteiger partial charge on any atom is -0.504 e. The van der Waals surface area contributed by atoms with E-state index in [1.165, 1.54) is 13.2 Å². The highest BCUT2D eigenvalue weighted by Crippen LogP contribution is 2.28. The first-order chi connectivity index (χ1) is 9.51. The van der Waals surface area contributed by atoms with Gasteiger partial charge in [-0.25, -0.2) is 13.2 Å². The molecule has 0 saturated heterocycles. The minimum absolute atomic E-state index is 0.0611. The number of hydrogen-bond donors (Lipinski definition) is 2. The van der Waals surface area contributed by atoms with Crippen LogP contribution in [-0.2, 0) is 6.54 Å². The van der Waals surface area contributed by atoms with Crippen LogP contribution in [0.25, 0.3) is 0 Å². The van der Waals surface area contributed by atoms with Crippen molar-refractivity contribution < 1.29 is 23.0 Å². The fraction of sp³-hybridized carbons (Fsp3) is 0.143. The van der Waals surface area contributed by atoms with E-state index in [4.69, 9.17) is 4.74 Å². The SMILES string of the molecule is COc1ccc(NCc2cc(F)c(F)c(F)c2)cc1O. The van der Waals surface area contributed by atoms with Gasteiger partial charge in [-0.2, -0.15) is 0 Å². The molecule has 0 radical (unpaired) electrons. The fourth-order valence-electron chi connectivity index (χ4n) is 1.71. The number of nitrogens with one attached hydrogen (secondary N) is 1. The Morgan fingerprint density at radius 1 is 1.10 bits per heavy atom. The Morgan fingerprint density at radius 2 is 1.75 bits per heavy atom. The number of halogens is 3. The van der Waals surface area contributed by atoms with Gasteiger partial charge < -0.3 is 15.2 Å². The van der Waals surface area contributed by atoms with Crippen LogP contribution < -0.4 is 10.1 Å². The van der Waals surface area contributed by atoms with E-state index in [0.29, 0.717) is 11.4 Å². The van der Waals surface area contributed by atoms with E-state index in [0.717, 1.165) is 12.1 Å². The van der Waals surface area contributed by atoms with Crippen LogP contribution in [0.5, 0.6) is 11.5 Å². The summed E-state index contributed by atoms with van der Waals surface area (Å²) in [4.78, 5) is 0. The second-order valence-electron chi connectivity index (χ2n) is 4.11. The van der Waals surface area contributed by atoms with E-state index in [1.54, 1.807) is 12.1 Å². The van der Waals surface area contributed by atoms with Crippen LogP contribution in [0.1, 0.15) is 5.56 Å². The molecule has 2 N–H and O–H groups in total. The summed E-state index contributed by atoms with van der Waals surface area (Å²) in [5.74, 6) is -3.71. The van der Waals surface area contributed by atoms with Gasteiger partial charge in [0.05, 0.1) is 7.11 Å². The lowest BCUT2D eigenvalue weighted by Gasteiger charge is -2.09. The highest BCUT2D eigenvalue weighted by Gasteiger charge is 2.10. The average Bonchev–Trinajstić information content (AvgIpc) is 2.42. The smallest absolute Gasteiger partial charge is 0.194 e.